The number of hydrogen-bond acceptors (Lipinski definition) is 3. The summed E-state index contributed by atoms with van der Waals surface area (Å²) in [6, 6.07) is 0. The molecule has 62 valence electrons. The zero-order valence-electron chi connectivity index (χ0n) is 6.16. The van der Waals surface area contributed by atoms with Crippen LogP contribution in [0.1, 0.15) is 25.7 Å². The van der Waals surface area contributed by atoms with Crippen molar-refractivity contribution in [2.24, 2.45) is 11.1 Å². The lowest BCUT2D eigenvalue weighted by Crippen LogP contribution is -2.21. The third-order valence-electron chi connectivity index (χ3n) is 2.07. The van der Waals surface area contributed by atoms with Gasteiger partial charge in [0.25, 0.3) is 0 Å². The highest BCUT2D eigenvalue weighted by atomic mass is 16.4. The van der Waals surface area contributed by atoms with Crippen molar-refractivity contribution in [3.8, 4) is 0 Å². The fraction of sp³-hybridized carbons (Fsp3) is 0.714. The summed E-state index contributed by atoms with van der Waals surface area (Å²) in [5, 5.41) is 19.7. The van der Waals surface area contributed by atoms with Crippen LogP contribution in [0.15, 0.2) is 5.16 Å². The molecule has 0 atom stereocenters. The summed E-state index contributed by atoms with van der Waals surface area (Å²) in [5.74, 6) is -1.13. The van der Waals surface area contributed by atoms with Gasteiger partial charge in [-0.2, -0.15) is 0 Å². The van der Waals surface area contributed by atoms with Gasteiger partial charge in [-0.25, -0.2) is 4.79 Å². The Balaban J connectivity index is 2.62. The minimum absolute atomic E-state index is 0.0301. The standard InChI is InChI=1S/C7H11NO3/c9-7(10)6(8-11)5-3-1-2-4-5/h5,11H,1-4H2,(H,9,10)/b8-6+. The normalized spacial score (nSPS) is 20.5. The molecule has 0 aromatic heterocycles. The van der Waals surface area contributed by atoms with E-state index in [-0.39, 0.29) is 11.6 Å². The molecule has 0 amide bonds. The molecule has 2 N–H and O–H groups in total. The first-order chi connectivity index (χ1) is 5.25. The highest BCUT2D eigenvalue weighted by molar-refractivity contribution is 6.36. The van der Waals surface area contributed by atoms with E-state index in [0.717, 1.165) is 25.7 Å². The van der Waals surface area contributed by atoms with Crippen LogP contribution >= 0.6 is 0 Å². The molecule has 0 aliphatic heterocycles. The lowest BCUT2D eigenvalue weighted by Gasteiger charge is -2.04. The van der Waals surface area contributed by atoms with Gasteiger partial charge in [-0.1, -0.05) is 18.0 Å². The Labute approximate surface area is 64.5 Å². The van der Waals surface area contributed by atoms with E-state index < -0.39 is 5.97 Å². The van der Waals surface area contributed by atoms with Gasteiger partial charge >= 0.3 is 5.97 Å². The average Bonchev–Trinajstić information content (AvgIpc) is 2.40. The first kappa shape index (κ1) is 8.04. The lowest BCUT2D eigenvalue weighted by molar-refractivity contribution is -0.129. The lowest BCUT2D eigenvalue weighted by atomic mass is 10.0. The molecule has 0 aromatic carbocycles. The molecule has 1 saturated carbocycles. The molecule has 4 nitrogen and oxygen atoms in total. The van der Waals surface area contributed by atoms with Crippen LogP contribution in [0.5, 0.6) is 0 Å². The topological polar surface area (TPSA) is 69.9 Å². The molecule has 4 heteroatoms. The van der Waals surface area contributed by atoms with Crippen LogP contribution in [0.2, 0.25) is 0 Å². The predicted molar refractivity (Wildman–Crippen MR) is 38.8 cm³/mol. The molecule has 1 fully saturated rings. The Kier molecular flexibility index (Phi) is 2.46. The van der Waals surface area contributed by atoms with Gasteiger partial charge in [0.2, 0.25) is 0 Å². The largest absolute Gasteiger partial charge is 0.477 e. The molecular weight excluding hydrogens is 146 g/mol. The highest BCUT2D eigenvalue weighted by Gasteiger charge is 2.26. The maximum atomic E-state index is 10.4. The van der Waals surface area contributed by atoms with Gasteiger partial charge < -0.3 is 10.3 Å². The number of carbonyl (C=O) groups is 1. The second kappa shape index (κ2) is 3.37. The Morgan fingerprint density at radius 3 is 2.27 bits per heavy atom. The second-order valence-corrected chi connectivity index (χ2v) is 2.77. The van der Waals surface area contributed by atoms with Gasteiger partial charge in [-0.3, -0.25) is 0 Å². The number of rotatable bonds is 2. The van der Waals surface area contributed by atoms with Gasteiger partial charge in [0, 0.05) is 5.92 Å². The van der Waals surface area contributed by atoms with E-state index in [1.54, 1.807) is 0 Å². The van der Waals surface area contributed by atoms with Gasteiger partial charge in [-0.15, -0.1) is 0 Å². The first-order valence-electron chi connectivity index (χ1n) is 3.71. The zero-order valence-corrected chi connectivity index (χ0v) is 6.16. The summed E-state index contributed by atoms with van der Waals surface area (Å²) in [6.07, 6.45) is 3.76. The number of carboxylic acid groups (broad SMARTS) is 1. The molecule has 0 saturated heterocycles. The summed E-state index contributed by atoms with van der Waals surface area (Å²) in [6.45, 7) is 0. The molecular formula is C7H11NO3. The van der Waals surface area contributed by atoms with E-state index in [4.69, 9.17) is 10.3 Å². The van der Waals surface area contributed by atoms with Crippen molar-refractivity contribution < 1.29 is 15.1 Å². The summed E-state index contributed by atoms with van der Waals surface area (Å²) in [5.41, 5.74) is -0.0810. The third kappa shape index (κ3) is 1.69. The molecule has 0 heterocycles. The molecule has 0 aromatic rings. The minimum Gasteiger partial charge on any atom is -0.477 e. The van der Waals surface area contributed by atoms with Gasteiger partial charge in [0.1, 0.15) is 0 Å². The van der Waals surface area contributed by atoms with Crippen LogP contribution in [0.25, 0.3) is 0 Å². The predicted octanol–water partition coefficient (Wildman–Crippen LogP) is 1.09. The van der Waals surface area contributed by atoms with Crippen molar-refractivity contribution in [2.45, 2.75) is 25.7 Å². The fourth-order valence-electron chi connectivity index (χ4n) is 1.50. The number of hydrogen-bond donors (Lipinski definition) is 2. The van der Waals surface area contributed by atoms with Crippen LogP contribution < -0.4 is 0 Å². The van der Waals surface area contributed by atoms with Crippen LogP contribution in [0, 0.1) is 5.92 Å². The molecule has 0 spiro atoms. The van der Waals surface area contributed by atoms with E-state index in [1.807, 2.05) is 0 Å². The summed E-state index contributed by atoms with van der Waals surface area (Å²) >= 11 is 0. The van der Waals surface area contributed by atoms with Crippen LogP contribution in [0.4, 0.5) is 0 Å². The molecule has 11 heavy (non-hydrogen) atoms. The summed E-state index contributed by atoms with van der Waals surface area (Å²) in [7, 11) is 0. The van der Waals surface area contributed by atoms with E-state index in [1.165, 1.54) is 0 Å². The Morgan fingerprint density at radius 1 is 1.36 bits per heavy atom. The van der Waals surface area contributed by atoms with Crippen molar-refractivity contribution in [1.29, 1.82) is 0 Å². The van der Waals surface area contributed by atoms with E-state index in [9.17, 15) is 4.79 Å². The van der Waals surface area contributed by atoms with Crippen molar-refractivity contribution >= 4 is 11.7 Å². The zero-order chi connectivity index (χ0) is 8.27. The molecule has 0 unspecified atom stereocenters. The molecule has 1 aliphatic rings. The number of nitrogens with zero attached hydrogens (tertiary/aromatic N) is 1. The molecule has 0 bridgehead atoms. The summed E-state index contributed by atoms with van der Waals surface area (Å²) < 4.78 is 0. The average molecular weight is 157 g/mol. The summed E-state index contributed by atoms with van der Waals surface area (Å²) in [4.78, 5) is 10.4. The van der Waals surface area contributed by atoms with Crippen molar-refractivity contribution in [2.75, 3.05) is 0 Å². The van der Waals surface area contributed by atoms with E-state index in [0.29, 0.717) is 0 Å². The van der Waals surface area contributed by atoms with E-state index >= 15 is 0 Å². The highest BCUT2D eigenvalue weighted by Crippen LogP contribution is 2.25. The van der Waals surface area contributed by atoms with Gasteiger partial charge in [0.05, 0.1) is 0 Å². The molecule has 0 radical (unpaired) electrons. The first-order valence-corrected chi connectivity index (χ1v) is 3.71. The van der Waals surface area contributed by atoms with Crippen molar-refractivity contribution in [3.63, 3.8) is 0 Å². The van der Waals surface area contributed by atoms with E-state index in [2.05, 4.69) is 5.16 Å². The van der Waals surface area contributed by atoms with Gasteiger partial charge in [-0.05, 0) is 12.8 Å². The Morgan fingerprint density at radius 2 is 1.91 bits per heavy atom. The maximum Gasteiger partial charge on any atom is 0.353 e. The SMILES string of the molecule is O=C(O)/C(=N/O)C1CCCC1. The van der Waals surface area contributed by atoms with Gasteiger partial charge in [0.15, 0.2) is 5.71 Å². The van der Waals surface area contributed by atoms with Crippen molar-refractivity contribution in [3.05, 3.63) is 0 Å². The maximum absolute atomic E-state index is 10.4. The fourth-order valence-corrected chi connectivity index (χ4v) is 1.50. The number of oxime groups is 1. The number of aliphatic carboxylic acids is 1. The molecule has 1 aliphatic carbocycles. The van der Waals surface area contributed by atoms with Crippen molar-refractivity contribution in [1.82, 2.24) is 0 Å². The smallest absolute Gasteiger partial charge is 0.353 e. The van der Waals surface area contributed by atoms with Crippen LogP contribution in [-0.4, -0.2) is 22.0 Å². The minimum atomic E-state index is -1.10. The van der Waals surface area contributed by atoms with Crippen LogP contribution in [0.3, 0.4) is 0 Å². The second-order valence-electron chi connectivity index (χ2n) is 2.77. The Bertz CT molecular complexity index is 182. The quantitative estimate of drug-likeness (QED) is 0.358. The monoisotopic (exact) mass is 157 g/mol. The molecule has 1 rings (SSSR count). The third-order valence-corrected chi connectivity index (χ3v) is 2.07. The Hall–Kier alpha value is -1.06. The number of carboxylic acids is 1. The van der Waals surface area contributed by atoms with Crippen LogP contribution in [-0.2, 0) is 4.79 Å².